The molecule has 0 saturated carbocycles. The Kier molecular flexibility index (Phi) is 16.4. The lowest BCUT2D eigenvalue weighted by molar-refractivity contribution is -0.142. The molecule has 0 bridgehead atoms. The largest absolute Gasteiger partial charge is 0.469 e. The Balaban J connectivity index is 0.000000325. The monoisotopic (exact) mass is 945 g/mol. The first-order chi connectivity index (χ1) is 27.8. The van der Waals surface area contributed by atoms with Gasteiger partial charge in [0.25, 0.3) is 0 Å². The molecule has 4 aromatic rings. The van der Waals surface area contributed by atoms with Gasteiger partial charge < -0.3 is 10.5 Å². The number of esters is 1. The molecule has 1 amide bonds. The number of rotatable bonds is 12. The van der Waals surface area contributed by atoms with E-state index in [0.717, 1.165) is 19.2 Å². The minimum Gasteiger partial charge on any atom is -0.469 e. The fourth-order valence-electron chi connectivity index (χ4n) is 5.40. The van der Waals surface area contributed by atoms with Crippen molar-refractivity contribution < 1.29 is 57.9 Å². The number of nitrogens with one attached hydrogen (secondary N) is 2. The number of nitrogens with two attached hydrogens (primary N) is 1. The zero-order valence-corrected chi connectivity index (χ0v) is 36.6. The Morgan fingerprint density at radius 2 is 0.984 bits per heavy atom. The van der Waals surface area contributed by atoms with E-state index in [9.17, 15) is 53.1 Å². The molecule has 2 heterocycles. The summed E-state index contributed by atoms with van der Waals surface area (Å²) in [5, 5.41) is 0.446. The third kappa shape index (κ3) is 13.5. The van der Waals surface area contributed by atoms with Crippen LogP contribution < -0.4 is 15.2 Å². The highest BCUT2D eigenvalue weighted by molar-refractivity contribution is 7.84. The number of hydrogen-bond acceptors (Lipinski definition) is 7. The molecule has 2 aromatic carbocycles. The van der Waals surface area contributed by atoms with Gasteiger partial charge in [0.05, 0.1) is 84.0 Å². The van der Waals surface area contributed by atoms with Gasteiger partial charge in [-0.1, -0.05) is 23.2 Å². The van der Waals surface area contributed by atoms with Crippen LogP contribution in [0.5, 0.6) is 0 Å². The van der Waals surface area contributed by atoms with Crippen LogP contribution in [-0.2, 0) is 59.7 Å². The Hall–Kier alpha value is -4.08. The average Bonchev–Trinajstić information content (AvgIpc) is 3.12. The Bertz CT molecular complexity index is 2260. The number of primary amides is 1. The second-order valence-electron chi connectivity index (χ2n) is 15.3. The van der Waals surface area contributed by atoms with Crippen LogP contribution >= 0.6 is 23.2 Å². The zero-order chi connectivity index (χ0) is 46.5. The van der Waals surface area contributed by atoms with E-state index in [1.807, 2.05) is 0 Å². The Morgan fingerprint density at radius 3 is 1.26 bits per heavy atom. The van der Waals surface area contributed by atoms with E-state index in [4.69, 9.17) is 33.7 Å². The summed E-state index contributed by atoms with van der Waals surface area (Å²) in [6.07, 6.45) is -8.53. The van der Waals surface area contributed by atoms with Crippen LogP contribution in [0.25, 0.3) is 0 Å². The molecule has 4 N–H and O–H groups in total. The zero-order valence-electron chi connectivity index (χ0n) is 33.5. The quantitative estimate of drug-likeness (QED) is 0.0948. The molecule has 0 saturated heterocycles. The fourth-order valence-corrected chi connectivity index (χ4v) is 7.46. The standard InChI is InChI=1S/C20H21ClF4N2O3S.C19H20ClF4N3O2S/c1-18(2,3)31(29)27-19(10-17(28)30-4,16-6-5-14(21)11-26-16)12-7-13(20(23,24)25)9-15(22)8-12;1-17(2,3)30(29)27-18(9-16(25)28,15-5-4-13(20)10-26-15)11-6-12(19(22,23)24)8-14(21)7-11/h5-9,11,27H,10H2,1-4H3;4-8,10,27H,9H2,1-3H3,(H2,25,28)/t19-,31+;18-,30+/m00/s1. The lowest BCUT2D eigenvalue weighted by atomic mass is 9.83. The van der Waals surface area contributed by atoms with Crippen molar-refractivity contribution >= 4 is 57.0 Å². The third-order valence-corrected chi connectivity index (χ3v) is 12.2. The number of pyridine rings is 2. The van der Waals surface area contributed by atoms with Crippen LogP contribution in [0.1, 0.15) is 88.0 Å². The number of hydrogen-bond donors (Lipinski definition) is 3. The molecule has 22 heteroatoms. The second kappa shape index (κ2) is 19.5. The maximum Gasteiger partial charge on any atom is 0.416 e. The van der Waals surface area contributed by atoms with E-state index in [0.29, 0.717) is 24.3 Å². The van der Waals surface area contributed by atoms with Crippen LogP contribution in [-0.4, -0.2) is 46.9 Å². The number of methoxy groups -OCH3 is 1. The van der Waals surface area contributed by atoms with E-state index >= 15 is 0 Å². The van der Waals surface area contributed by atoms with E-state index in [-0.39, 0.29) is 32.6 Å². The van der Waals surface area contributed by atoms with Crippen LogP contribution in [0.4, 0.5) is 35.1 Å². The molecule has 0 spiro atoms. The molecule has 4 rings (SSSR count). The van der Waals surface area contributed by atoms with Crippen molar-refractivity contribution in [2.24, 2.45) is 5.73 Å². The van der Waals surface area contributed by atoms with Gasteiger partial charge in [0, 0.05) is 12.4 Å². The van der Waals surface area contributed by atoms with Gasteiger partial charge in [-0.15, -0.1) is 0 Å². The first-order valence-corrected chi connectivity index (χ1v) is 20.6. The first-order valence-electron chi connectivity index (χ1n) is 17.6. The molecule has 334 valence electrons. The van der Waals surface area contributed by atoms with Gasteiger partial charge in [-0.2, -0.15) is 26.3 Å². The highest BCUT2D eigenvalue weighted by atomic mass is 35.5. The molecule has 0 aliphatic rings. The number of aromatic nitrogens is 2. The van der Waals surface area contributed by atoms with Gasteiger partial charge in [0.1, 0.15) is 22.7 Å². The summed E-state index contributed by atoms with van der Waals surface area (Å²) in [5.74, 6) is -4.14. The molecule has 0 aliphatic heterocycles. The molecule has 0 fully saturated rings. The minimum atomic E-state index is -4.86. The number of carbonyl (C=O) groups excluding carboxylic acids is 2. The minimum absolute atomic E-state index is 0.00187. The van der Waals surface area contributed by atoms with Crippen molar-refractivity contribution in [3.63, 3.8) is 0 Å². The van der Waals surface area contributed by atoms with Gasteiger partial charge in [-0.25, -0.2) is 26.6 Å². The SMILES string of the molecule is CC(C)(C)[S@@](=O)N[C@@](CC(N)=O)(c1cc(F)cc(C(F)(F)F)c1)c1ccc(Cl)cn1.COC(=O)C[C@](N[S@](=O)C(C)(C)C)(c1cc(F)cc(C(F)(F)F)c1)c1ccc(Cl)cn1. The number of halogens is 10. The summed E-state index contributed by atoms with van der Waals surface area (Å²) >= 11 is 11.7. The average molecular weight is 947 g/mol. The summed E-state index contributed by atoms with van der Waals surface area (Å²) in [5.41, 5.74) is -1.56. The van der Waals surface area contributed by atoms with E-state index in [2.05, 4.69) is 19.4 Å². The number of carbonyl (C=O) groups is 2. The molecule has 10 nitrogen and oxygen atoms in total. The van der Waals surface area contributed by atoms with Crippen LogP contribution in [0, 0.1) is 11.6 Å². The predicted octanol–water partition coefficient (Wildman–Crippen LogP) is 8.82. The molecule has 0 aliphatic carbocycles. The summed E-state index contributed by atoms with van der Waals surface area (Å²) in [6, 6.07) is 9.18. The van der Waals surface area contributed by atoms with Crippen molar-refractivity contribution in [2.45, 2.75) is 87.3 Å². The highest BCUT2D eigenvalue weighted by Gasteiger charge is 2.45. The third-order valence-electron chi connectivity index (χ3n) is 8.49. The molecular formula is C39H41Cl2F8N5O5S2. The number of alkyl halides is 6. The second-order valence-corrected chi connectivity index (χ2v) is 20.2. The van der Waals surface area contributed by atoms with Crippen molar-refractivity contribution in [1.82, 2.24) is 19.4 Å². The maximum absolute atomic E-state index is 14.3. The van der Waals surface area contributed by atoms with Crippen molar-refractivity contribution in [3.05, 3.63) is 128 Å². The summed E-state index contributed by atoms with van der Waals surface area (Å²) < 4.78 is 143. The summed E-state index contributed by atoms with van der Waals surface area (Å²) in [7, 11) is -2.71. The number of amides is 1. The van der Waals surface area contributed by atoms with Gasteiger partial charge in [0.2, 0.25) is 5.91 Å². The topological polar surface area (TPSA) is 153 Å². The molecule has 4 atom stereocenters. The van der Waals surface area contributed by atoms with Crippen LogP contribution in [0.3, 0.4) is 0 Å². The lowest BCUT2D eigenvalue weighted by Gasteiger charge is -2.36. The molecule has 2 aromatic heterocycles. The predicted molar refractivity (Wildman–Crippen MR) is 215 cm³/mol. The molecule has 61 heavy (non-hydrogen) atoms. The normalized spacial score (nSPS) is 15.4. The van der Waals surface area contributed by atoms with Gasteiger partial charge in [0.15, 0.2) is 0 Å². The highest BCUT2D eigenvalue weighted by Crippen LogP contribution is 2.40. The smallest absolute Gasteiger partial charge is 0.416 e. The van der Waals surface area contributed by atoms with E-state index < -0.39 is 102 Å². The summed E-state index contributed by atoms with van der Waals surface area (Å²) in [4.78, 5) is 32.5. The number of benzene rings is 2. The molecule has 0 radical (unpaired) electrons. The van der Waals surface area contributed by atoms with Gasteiger partial charge >= 0.3 is 18.3 Å². The van der Waals surface area contributed by atoms with E-state index in [1.54, 1.807) is 41.5 Å². The number of nitrogens with zero attached hydrogens (tertiary/aromatic N) is 2. The maximum atomic E-state index is 14.3. The number of ether oxygens (including phenoxy) is 1. The van der Waals surface area contributed by atoms with Gasteiger partial charge in [-0.05, 0) is 113 Å². The van der Waals surface area contributed by atoms with Crippen molar-refractivity contribution in [3.8, 4) is 0 Å². The van der Waals surface area contributed by atoms with Crippen molar-refractivity contribution in [1.29, 1.82) is 0 Å². The molecular weight excluding hydrogens is 905 g/mol. The van der Waals surface area contributed by atoms with E-state index in [1.165, 1.54) is 36.7 Å². The van der Waals surface area contributed by atoms with Gasteiger partial charge in [-0.3, -0.25) is 19.6 Å². The van der Waals surface area contributed by atoms with Crippen LogP contribution in [0.15, 0.2) is 73.1 Å². The van der Waals surface area contributed by atoms with Crippen molar-refractivity contribution in [2.75, 3.05) is 7.11 Å². The Morgan fingerprint density at radius 1 is 0.639 bits per heavy atom. The fraction of sp³-hybridized carbons (Fsp3) is 0.385. The van der Waals surface area contributed by atoms with Crippen LogP contribution in [0.2, 0.25) is 10.0 Å². The molecule has 0 unspecified atom stereocenters. The first kappa shape index (κ1) is 51.3. The Labute approximate surface area is 361 Å². The summed E-state index contributed by atoms with van der Waals surface area (Å²) in [6.45, 7) is 9.73. The lowest BCUT2D eigenvalue weighted by Crippen LogP contribution is -2.51.